The molecule has 2 aromatic rings. The summed E-state index contributed by atoms with van der Waals surface area (Å²) < 4.78 is 23.1. The topological polar surface area (TPSA) is 59.9 Å². The number of hydrazone groups is 1. The Morgan fingerprint density at radius 1 is 1.14 bits per heavy atom. The largest absolute Gasteiger partial charge is 0.454 e. The first-order chi connectivity index (χ1) is 10.2. The van der Waals surface area contributed by atoms with Crippen molar-refractivity contribution in [3.8, 4) is 11.5 Å². The number of ether oxygens (including phenoxy) is 2. The minimum absolute atomic E-state index is 0.156. The number of hydrogen-bond acceptors (Lipinski definition) is 4. The molecule has 0 radical (unpaired) electrons. The summed E-state index contributed by atoms with van der Waals surface area (Å²) >= 11 is 0. The first-order valence-corrected chi connectivity index (χ1v) is 6.21. The molecular formula is C15H11FN2O3. The Labute approximate surface area is 120 Å². The number of rotatable bonds is 3. The summed E-state index contributed by atoms with van der Waals surface area (Å²) in [6.07, 6.45) is 1.43. The highest BCUT2D eigenvalue weighted by Crippen LogP contribution is 2.32. The van der Waals surface area contributed by atoms with Crippen molar-refractivity contribution >= 4 is 12.1 Å². The highest BCUT2D eigenvalue weighted by Gasteiger charge is 2.15. The smallest absolute Gasteiger partial charge is 0.271 e. The maximum atomic E-state index is 12.7. The van der Waals surface area contributed by atoms with E-state index in [1.54, 1.807) is 30.3 Å². The molecular weight excluding hydrogens is 275 g/mol. The molecule has 0 aliphatic carbocycles. The molecule has 0 saturated heterocycles. The number of carbonyl (C=O) groups is 1. The zero-order valence-corrected chi connectivity index (χ0v) is 10.9. The van der Waals surface area contributed by atoms with Crippen molar-refractivity contribution in [2.45, 2.75) is 0 Å². The number of fused-ring (bicyclic) bond motifs is 1. The Hall–Kier alpha value is -2.89. The van der Waals surface area contributed by atoms with Crippen LogP contribution >= 0.6 is 0 Å². The molecule has 6 heteroatoms. The zero-order chi connectivity index (χ0) is 14.7. The van der Waals surface area contributed by atoms with Gasteiger partial charge in [0.05, 0.1) is 6.21 Å². The van der Waals surface area contributed by atoms with Gasteiger partial charge in [-0.2, -0.15) is 5.10 Å². The molecule has 0 aromatic heterocycles. The van der Waals surface area contributed by atoms with Crippen LogP contribution in [0, 0.1) is 5.82 Å². The van der Waals surface area contributed by atoms with Crippen LogP contribution in [0.25, 0.3) is 0 Å². The van der Waals surface area contributed by atoms with Crippen molar-refractivity contribution in [3.63, 3.8) is 0 Å². The zero-order valence-electron chi connectivity index (χ0n) is 10.9. The van der Waals surface area contributed by atoms with E-state index in [0.717, 1.165) is 0 Å². The molecule has 1 N–H and O–H groups in total. The molecule has 0 unspecified atom stereocenters. The number of amides is 1. The summed E-state index contributed by atoms with van der Waals surface area (Å²) in [5, 5.41) is 3.82. The van der Waals surface area contributed by atoms with Gasteiger partial charge in [-0.3, -0.25) is 4.79 Å². The van der Waals surface area contributed by atoms with Crippen LogP contribution in [0.1, 0.15) is 15.9 Å². The number of nitrogens with one attached hydrogen (secondary N) is 1. The number of carbonyl (C=O) groups excluding carboxylic acids is 1. The fraction of sp³-hybridized carbons (Fsp3) is 0.0667. The third-order valence-electron chi connectivity index (χ3n) is 2.88. The molecule has 0 atom stereocenters. The fourth-order valence-corrected chi connectivity index (χ4v) is 1.82. The molecule has 0 saturated carbocycles. The Kier molecular flexibility index (Phi) is 3.51. The van der Waals surface area contributed by atoms with E-state index in [4.69, 9.17) is 9.47 Å². The van der Waals surface area contributed by atoms with Gasteiger partial charge in [0.25, 0.3) is 5.91 Å². The Balaban J connectivity index is 1.65. The lowest BCUT2D eigenvalue weighted by Gasteiger charge is -2.01. The van der Waals surface area contributed by atoms with Crippen LogP contribution < -0.4 is 14.9 Å². The molecule has 0 spiro atoms. The minimum Gasteiger partial charge on any atom is -0.454 e. The van der Waals surface area contributed by atoms with Gasteiger partial charge in [-0.15, -0.1) is 0 Å². The van der Waals surface area contributed by atoms with E-state index in [0.29, 0.717) is 22.6 Å². The third-order valence-corrected chi connectivity index (χ3v) is 2.88. The molecule has 106 valence electrons. The third kappa shape index (κ3) is 3.00. The molecule has 21 heavy (non-hydrogen) atoms. The van der Waals surface area contributed by atoms with Gasteiger partial charge in [0.2, 0.25) is 6.79 Å². The standard InChI is InChI=1S/C15H11FN2O3/c16-12-4-1-10(2-5-12)8-17-18-15(19)11-3-6-13-14(7-11)21-9-20-13/h1-8H,9H2,(H,18,19)/b17-8+. The lowest BCUT2D eigenvalue weighted by Crippen LogP contribution is -2.17. The average Bonchev–Trinajstić information content (AvgIpc) is 2.96. The van der Waals surface area contributed by atoms with E-state index in [-0.39, 0.29) is 18.5 Å². The van der Waals surface area contributed by atoms with Gasteiger partial charge in [0, 0.05) is 5.56 Å². The van der Waals surface area contributed by atoms with E-state index in [1.165, 1.54) is 18.3 Å². The molecule has 2 aromatic carbocycles. The predicted octanol–water partition coefficient (Wildman–Crippen LogP) is 2.32. The van der Waals surface area contributed by atoms with Crippen molar-refractivity contribution in [1.29, 1.82) is 0 Å². The van der Waals surface area contributed by atoms with Gasteiger partial charge in [-0.1, -0.05) is 12.1 Å². The highest BCUT2D eigenvalue weighted by molar-refractivity contribution is 5.95. The number of hydrogen-bond donors (Lipinski definition) is 1. The summed E-state index contributed by atoms with van der Waals surface area (Å²) in [7, 11) is 0. The molecule has 1 aliphatic rings. The first kappa shape index (κ1) is 13.1. The number of halogens is 1. The summed E-state index contributed by atoms with van der Waals surface area (Å²) in [5.41, 5.74) is 3.49. The molecule has 5 nitrogen and oxygen atoms in total. The highest BCUT2D eigenvalue weighted by atomic mass is 19.1. The summed E-state index contributed by atoms with van der Waals surface area (Å²) in [5.74, 6) is 0.453. The van der Waals surface area contributed by atoms with Crippen molar-refractivity contribution in [2.24, 2.45) is 5.10 Å². The molecule has 3 rings (SSSR count). The molecule has 0 bridgehead atoms. The van der Waals surface area contributed by atoms with E-state index in [9.17, 15) is 9.18 Å². The Morgan fingerprint density at radius 2 is 1.90 bits per heavy atom. The second kappa shape index (κ2) is 5.62. The number of benzene rings is 2. The first-order valence-electron chi connectivity index (χ1n) is 6.21. The van der Waals surface area contributed by atoms with E-state index in [2.05, 4.69) is 10.5 Å². The summed E-state index contributed by atoms with van der Waals surface area (Å²) in [6.45, 7) is 0.156. The Morgan fingerprint density at radius 3 is 2.71 bits per heavy atom. The van der Waals surface area contributed by atoms with Crippen LogP contribution in [-0.2, 0) is 0 Å². The van der Waals surface area contributed by atoms with Crippen molar-refractivity contribution < 1.29 is 18.7 Å². The molecule has 0 fully saturated rings. The maximum Gasteiger partial charge on any atom is 0.271 e. The van der Waals surface area contributed by atoms with E-state index < -0.39 is 0 Å². The predicted molar refractivity (Wildman–Crippen MR) is 74.0 cm³/mol. The minimum atomic E-state index is -0.369. The molecule has 1 heterocycles. The van der Waals surface area contributed by atoms with Gasteiger partial charge >= 0.3 is 0 Å². The van der Waals surface area contributed by atoms with Crippen LogP contribution in [0.5, 0.6) is 11.5 Å². The van der Waals surface area contributed by atoms with Crippen molar-refractivity contribution in [1.82, 2.24) is 5.43 Å². The van der Waals surface area contributed by atoms with Crippen LogP contribution in [0.2, 0.25) is 0 Å². The van der Waals surface area contributed by atoms with Crippen LogP contribution in [0.4, 0.5) is 4.39 Å². The molecule has 1 amide bonds. The van der Waals surface area contributed by atoms with Gasteiger partial charge in [-0.25, -0.2) is 9.82 Å². The monoisotopic (exact) mass is 286 g/mol. The van der Waals surface area contributed by atoms with Gasteiger partial charge in [0.1, 0.15) is 5.82 Å². The average molecular weight is 286 g/mol. The molecule has 1 aliphatic heterocycles. The summed E-state index contributed by atoms with van der Waals surface area (Å²) in [4.78, 5) is 11.9. The van der Waals surface area contributed by atoms with Crippen LogP contribution in [0.15, 0.2) is 47.6 Å². The maximum absolute atomic E-state index is 12.7. The van der Waals surface area contributed by atoms with Crippen molar-refractivity contribution in [3.05, 3.63) is 59.4 Å². The summed E-state index contributed by atoms with van der Waals surface area (Å²) in [6, 6.07) is 10.6. The lowest BCUT2D eigenvalue weighted by atomic mass is 10.2. The van der Waals surface area contributed by atoms with E-state index >= 15 is 0 Å². The van der Waals surface area contributed by atoms with Gasteiger partial charge in [-0.05, 0) is 35.9 Å². The quantitative estimate of drug-likeness (QED) is 0.696. The second-order valence-corrected chi connectivity index (χ2v) is 4.32. The van der Waals surface area contributed by atoms with Gasteiger partial charge < -0.3 is 9.47 Å². The second-order valence-electron chi connectivity index (χ2n) is 4.32. The van der Waals surface area contributed by atoms with Crippen molar-refractivity contribution in [2.75, 3.05) is 6.79 Å². The lowest BCUT2D eigenvalue weighted by molar-refractivity contribution is 0.0954. The SMILES string of the molecule is O=C(N/N=C/c1ccc(F)cc1)c1ccc2c(c1)OCO2. The van der Waals surface area contributed by atoms with Gasteiger partial charge in [0.15, 0.2) is 11.5 Å². The fourth-order valence-electron chi connectivity index (χ4n) is 1.82. The normalized spacial score (nSPS) is 12.6. The van der Waals surface area contributed by atoms with E-state index in [1.807, 2.05) is 0 Å². The van der Waals surface area contributed by atoms with Crippen LogP contribution in [-0.4, -0.2) is 18.9 Å². The van der Waals surface area contributed by atoms with Crippen LogP contribution in [0.3, 0.4) is 0 Å². The number of nitrogens with zero attached hydrogens (tertiary/aromatic N) is 1. The Bertz CT molecular complexity index is 699.